The van der Waals surface area contributed by atoms with Gasteiger partial charge < -0.3 is 15.5 Å². The summed E-state index contributed by atoms with van der Waals surface area (Å²) in [5.74, 6) is 1.40. The molecule has 9 nitrogen and oxygen atoms in total. The van der Waals surface area contributed by atoms with Crippen molar-refractivity contribution in [2.75, 3.05) is 22.6 Å². The maximum atomic E-state index is 12.5. The van der Waals surface area contributed by atoms with E-state index in [9.17, 15) is 4.79 Å². The Morgan fingerprint density at radius 1 is 1.19 bits per heavy atom. The number of aryl methyl sites for hydroxylation is 2. The first kappa shape index (κ1) is 23.5. The summed E-state index contributed by atoms with van der Waals surface area (Å²) < 4.78 is 1.87. The molecule has 0 bridgehead atoms. The highest BCUT2D eigenvalue weighted by molar-refractivity contribution is 7.59. The van der Waals surface area contributed by atoms with Crippen LogP contribution in [0.1, 0.15) is 36.5 Å². The molecule has 0 saturated heterocycles. The zero-order valence-corrected chi connectivity index (χ0v) is 20.0. The summed E-state index contributed by atoms with van der Waals surface area (Å²) in [6.45, 7) is 9.09. The van der Waals surface area contributed by atoms with Crippen molar-refractivity contribution >= 4 is 36.9 Å². The van der Waals surface area contributed by atoms with E-state index in [-0.39, 0.29) is 31.4 Å². The molecule has 4 heterocycles. The second-order valence-electron chi connectivity index (χ2n) is 8.29. The molecule has 1 aliphatic heterocycles. The van der Waals surface area contributed by atoms with Gasteiger partial charge in [-0.1, -0.05) is 19.9 Å². The number of likely N-dealkylation sites (N-methyl/N-ethyl adjacent to an activating group) is 1. The molecule has 0 unspecified atom stereocenters. The smallest absolute Gasteiger partial charge is 0.247 e. The van der Waals surface area contributed by atoms with Gasteiger partial charge in [-0.2, -0.15) is 23.6 Å². The molecule has 4 rings (SSSR count). The van der Waals surface area contributed by atoms with E-state index >= 15 is 0 Å². The van der Waals surface area contributed by atoms with Crippen molar-refractivity contribution in [3.63, 3.8) is 0 Å². The summed E-state index contributed by atoms with van der Waals surface area (Å²) in [6.07, 6.45) is 3.82. The molecule has 0 radical (unpaired) electrons. The minimum Gasteiger partial charge on any atom is -0.350 e. The van der Waals surface area contributed by atoms with Crippen molar-refractivity contribution in [2.45, 2.75) is 46.8 Å². The second kappa shape index (κ2) is 9.56. The first-order valence-electron chi connectivity index (χ1n) is 10.4. The molecular formula is C22H30N8OS. The number of pyridine rings is 1. The predicted molar refractivity (Wildman–Crippen MR) is 130 cm³/mol. The highest BCUT2D eigenvalue weighted by atomic mass is 32.1. The van der Waals surface area contributed by atoms with E-state index in [2.05, 4.69) is 30.7 Å². The summed E-state index contributed by atoms with van der Waals surface area (Å²) in [7, 11) is 1.90. The van der Waals surface area contributed by atoms with Crippen LogP contribution in [0.4, 0.5) is 17.5 Å². The molecule has 1 amide bonds. The van der Waals surface area contributed by atoms with Gasteiger partial charge in [-0.25, -0.2) is 4.98 Å². The highest BCUT2D eigenvalue weighted by Crippen LogP contribution is 2.34. The monoisotopic (exact) mass is 454 g/mol. The van der Waals surface area contributed by atoms with Crippen LogP contribution in [0.25, 0.3) is 0 Å². The largest absolute Gasteiger partial charge is 0.350 e. The van der Waals surface area contributed by atoms with Crippen LogP contribution < -0.4 is 15.5 Å². The number of rotatable bonds is 6. The maximum Gasteiger partial charge on any atom is 0.247 e. The molecule has 170 valence electrons. The third-order valence-corrected chi connectivity index (χ3v) is 5.38. The fourth-order valence-electron chi connectivity index (χ4n) is 3.91. The predicted octanol–water partition coefficient (Wildman–Crippen LogP) is 2.87. The first-order valence-corrected chi connectivity index (χ1v) is 10.4. The van der Waals surface area contributed by atoms with Gasteiger partial charge in [0.05, 0.1) is 24.1 Å². The Morgan fingerprint density at radius 2 is 1.97 bits per heavy atom. The Labute approximate surface area is 195 Å². The minimum absolute atomic E-state index is 0. The van der Waals surface area contributed by atoms with E-state index in [0.29, 0.717) is 24.7 Å². The molecular weight excluding hydrogens is 424 g/mol. The van der Waals surface area contributed by atoms with Gasteiger partial charge in [-0.05, 0) is 31.9 Å². The van der Waals surface area contributed by atoms with Crippen LogP contribution in [0.3, 0.4) is 0 Å². The molecule has 0 saturated carbocycles. The van der Waals surface area contributed by atoms with E-state index in [1.807, 2.05) is 74.9 Å². The average Bonchev–Trinajstić information content (AvgIpc) is 3.14. The Bertz CT molecular complexity index is 1110. The SMILES string of the molecule is Cc1cccc(Cn2cc(CNc3nc(C)c4c(n3)N(C)[C@@H](C(C)C)C(=O)N4)cn2)n1.S. The molecule has 1 atom stereocenters. The van der Waals surface area contributed by atoms with Crippen molar-refractivity contribution in [1.82, 2.24) is 24.7 Å². The van der Waals surface area contributed by atoms with Crippen LogP contribution >= 0.6 is 13.5 Å². The lowest BCUT2D eigenvalue weighted by Gasteiger charge is -2.36. The second-order valence-corrected chi connectivity index (χ2v) is 8.29. The quantitative estimate of drug-likeness (QED) is 0.591. The lowest BCUT2D eigenvalue weighted by atomic mass is 9.99. The van der Waals surface area contributed by atoms with E-state index in [0.717, 1.165) is 28.5 Å². The molecule has 2 N–H and O–H groups in total. The van der Waals surface area contributed by atoms with Gasteiger partial charge in [0.2, 0.25) is 11.9 Å². The summed E-state index contributed by atoms with van der Waals surface area (Å²) in [5.41, 5.74) is 4.39. The number of hydrogen-bond donors (Lipinski definition) is 2. The van der Waals surface area contributed by atoms with E-state index < -0.39 is 0 Å². The maximum absolute atomic E-state index is 12.5. The van der Waals surface area contributed by atoms with Crippen molar-refractivity contribution in [1.29, 1.82) is 0 Å². The number of nitrogens with one attached hydrogen (secondary N) is 2. The van der Waals surface area contributed by atoms with Gasteiger partial charge in [-0.3, -0.25) is 14.5 Å². The Kier molecular flexibility index (Phi) is 7.02. The van der Waals surface area contributed by atoms with Crippen molar-refractivity contribution in [2.24, 2.45) is 5.92 Å². The van der Waals surface area contributed by atoms with Crippen LogP contribution in [0.2, 0.25) is 0 Å². The van der Waals surface area contributed by atoms with Gasteiger partial charge in [0, 0.05) is 31.0 Å². The molecule has 0 aromatic carbocycles. The number of amides is 1. The number of hydrogen-bond acceptors (Lipinski definition) is 7. The molecule has 1 aliphatic rings. The fourth-order valence-corrected chi connectivity index (χ4v) is 3.91. The van der Waals surface area contributed by atoms with Gasteiger partial charge in [-0.15, -0.1) is 0 Å². The number of carbonyl (C=O) groups excluding carboxylic acids is 1. The third-order valence-electron chi connectivity index (χ3n) is 5.38. The molecule has 3 aromatic rings. The number of aromatic nitrogens is 5. The number of nitrogens with zero attached hydrogens (tertiary/aromatic N) is 6. The highest BCUT2D eigenvalue weighted by Gasteiger charge is 2.35. The van der Waals surface area contributed by atoms with Crippen molar-refractivity contribution < 1.29 is 4.79 Å². The Hall–Kier alpha value is -3.14. The zero-order valence-electron chi connectivity index (χ0n) is 19.0. The van der Waals surface area contributed by atoms with Crippen LogP contribution in [0.5, 0.6) is 0 Å². The van der Waals surface area contributed by atoms with Gasteiger partial charge >= 0.3 is 0 Å². The van der Waals surface area contributed by atoms with E-state index in [4.69, 9.17) is 0 Å². The van der Waals surface area contributed by atoms with E-state index in [1.54, 1.807) is 0 Å². The van der Waals surface area contributed by atoms with Gasteiger partial charge in [0.25, 0.3) is 0 Å². The number of fused-ring (bicyclic) bond motifs is 1. The minimum atomic E-state index is -0.261. The van der Waals surface area contributed by atoms with Crippen molar-refractivity contribution in [3.05, 3.63) is 53.2 Å². The topological polar surface area (TPSA) is 101 Å². The first-order chi connectivity index (χ1) is 14.8. The number of anilines is 3. The molecule has 0 spiro atoms. The lowest BCUT2D eigenvalue weighted by molar-refractivity contribution is -0.118. The molecule has 32 heavy (non-hydrogen) atoms. The van der Waals surface area contributed by atoms with Gasteiger partial charge in [0.15, 0.2) is 5.82 Å². The molecule has 3 aromatic heterocycles. The molecule has 10 heteroatoms. The van der Waals surface area contributed by atoms with Crippen LogP contribution in [-0.4, -0.2) is 43.7 Å². The third kappa shape index (κ3) is 4.85. The fraction of sp³-hybridized carbons (Fsp3) is 0.409. The summed E-state index contributed by atoms with van der Waals surface area (Å²) >= 11 is 0. The van der Waals surface area contributed by atoms with Crippen LogP contribution in [0, 0.1) is 19.8 Å². The molecule has 0 fully saturated rings. The lowest BCUT2D eigenvalue weighted by Crippen LogP contribution is -2.49. The summed E-state index contributed by atoms with van der Waals surface area (Å²) in [5, 5.41) is 10.7. The standard InChI is InChI=1S/C22H28N8O.H2S/c1-13(2)19-21(31)27-18-15(4)26-22(28-20(18)29(19)5)23-9-16-10-24-30(11-16)12-17-8-6-7-14(3)25-17;/h6-8,10-11,13,19H,9,12H2,1-5H3,(H,27,31)(H,23,26,28);1H2/t19-;/m0./s1. The number of carbonyl (C=O) groups is 1. The Balaban J connectivity index is 0.00000289. The molecule has 0 aliphatic carbocycles. The zero-order chi connectivity index (χ0) is 22.1. The van der Waals surface area contributed by atoms with E-state index in [1.165, 1.54) is 0 Å². The van der Waals surface area contributed by atoms with Crippen LogP contribution in [-0.2, 0) is 17.9 Å². The average molecular weight is 455 g/mol. The van der Waals surface area contributed by atoms with Gasteiger partial charge in [0.1, 0.15) is 11.7 Å². The van der Waals surface area contributed by atoms with Crippen molar-refractivity contribution in [3.8, 4) is 0 Å². The Morgan fingerprint density at radius 3 is 2.69 bits per heavy atom. The summed E-state index contributed by atoms with van der Waals surface area (Å²) in [6, 6.07) is 5.72. The normalized spacial score (nSPS) is 15.2. The summed E-state index contributed by atoms with van der Waals surface area (Å²) in [4.78, 5) is 28.1. The van der Waals surface area contributed by atoms with Crippen LogP contribution in [0.15, 0.2) is 30.6 Å².